The van der Waals surface area contributed by atoms with Crippen molar-refractivity contribution >= 4 is 0 Å². The van der Waals surface area contributed by atoms with Crippen LogP contribution in [0, 0.1) is 6.92 Å². The summed E-state index contributed by atoms with van der Waals surface area (Å²) in [5.41, 5.74) is 4.23. The lowest BCUT2D eigenvalue weighted by molar-refractivity contribution is 0.121. The number of hydrogen-bond acceptors (Lipinski definition) is 2. The van der Waals surface area contributed by atoms with Gasteiger partial charge >= 0.3 is 0 Å². The number of rotatable bonds is 3. The second kappa shape index (κ2) is 4.77. The van der Waals surface area contributed by atoms with Crippen molar-refractivity contribution in [2.24, 2.45) is 0 Å². The summed E-state index contributed by atoms with van der Waals surface area (Å²) in [7, 11) is 0. The Labute approximate surface area is 91.6 Å². The number of fused-ring (bicyclic) bond motifs is 1. The van der Waals surface area contributed by atoms with Crippen molar-refractivity contribution in [2.45, 2.75) is 26.3 Å². The Morgan fingerprint density at radius 2 is 2.33 bits per heavy atom. The Kier molecular flexibility index (Phi) is 3.39. The van der Waals surface area contributed by atoms with Crippen LogP contribution in [0.15, 0.2) is 18.2 Å². The highest BCUT2D eigenvalue weighted by Crippen LogP contribution is 2.24. The molecule has 1 atom stereocenters. The van der Waals surface area contributed by atoms with Crippen molar-refractivity contribution in [1.29, 1.82) is 0 Å². The Morgan fingerprint density at radius 1 is 1.47 bits per heavy atom. The fourth-order valence-corrected chi connectivity index (χ4v) is 2.14. The molecule has 2 rings (SSSR count). The molecular weight excluding hydrogens is 186 g/mol. The Bertz CT molecular complexity index is 335. The first-order valence-corrected chi connectivity index (χ1v) is 5.72. The molecule has 0 saturated carbocycles. The van der Waals surface area contributed by atoms with Crippen LogP contribution < -0.4 is 5.32 Å². The minimum atomic E-state index is 0.383. The van der Waals surface area contributed by atoms with Crippen LogP contribution in [0.5, 0.6) is 0 Å². The zero-order valence-electron chi connectivity index (χ0n) is 9.55. The first kappa shape index (κ1) is 10.7. The van der Waals surface area contributed by atoms with Crippen molar-refractivity contribution in [3.8, 4) is 0 Å². The maximum absolute atomic E-state index is 5.51. The van der Waals surface area contributed by atoms with Gasteiger partial charge in [0.1, 0.15) is 0 Å². The Hall–Kier alpha value is -0.860. The molecule has 1 heterocycles. The number of aryl methyl sites for hydroxylation is 1. The van der Waals surface area contributed by atoms with E-state index in [2.05, 4.69) is 30.4 Å². The van der Waals surface area contributed by atoms with Crippen LogP contribution in [0.2, 0.25) is 0 Å². The van der Waals surface area contributed by atoms with E-state index in [1.807, 2.05) is 6.92 Å². The molecule has 0 aromatic heterocycles. The Balaban J connectivity index is 2.20. The van der Waals surface area contributed by atoms with Crippen molar-refractivity contribution < 1.29 is 4.74 Å². The molecule has 0 fully saturated rings. The molecule has 1 aromatic rings. The lowest BCUT2D eigenvalue weighted by Crippen LogP contribution is -2.32. The van der Waals surface area contributed by atoms with Crippen LogP contribution in [-0.2, 0) is 11.2 Å². The minimum Gasteiger partial charge on any atom is -0.380 e. The largest absolute Gasteiger partial charge is 0.380 e. The van der Waals surface area contributed by atoms with Gasteiger partial charge in [-0.3, -0.25) is 0 Å². The molecule has 0 radical (unpaired) electrons. The molecule has 0 aliphatic carbocycles. The maximum atomic E-state index is 5.51. The molecule has 82 valence electrons. The summed E-state index contributed by atoms with van der Waals surface area (Å²) < 4.78 is 5.51. The van der Waals surface area contributed by atoms with E-state index in [0.717, 1.165) is 26.2 Å². The molecule has 1 aromatic carbocycles. The fraction of sp³-hybridized carbons (Fsp3) is 0.538. The Morgan fingerprint density at radius 3 is 3.13 bits per heavy atom. The van der Waals surface area contributed by atoms with Gasteiger partial charge in [0.2, 0.25) is 0 Å². The number of ether oxygens (including phenoxy) is 1. The van der Waals surface area contributed by atoms with Gasteiger partial charge in [0.15, 0.2) is 0 Å². The summed E-state index contributed by atoms with van der Waals surface area (Å²) in [6.07, 6.45) is 1.14. The topological polar surface area (TPSA) is 21.3 Å². The molecule has 1 N–H and O–H groups in total. The van der Waals surface area contributed by atoms with Crippen molar-refractivity contribution in [2.75, 3.05) is 19.8 Å². The smallest absolute Gasteiger partial charge is 0.0661 e. The first-order valence-electron chi connectivity index (χ1n) is 5.72. The lowest BCUT2D eigenvalue weighted by atomic mass is 9.93. The van der Waals surface area contributed by atoms with Gasteiger partial charge in [-0.05, 0) is 37.9 Å². The van der Waals surface area contributed by atoms with Crippen LogP contribution in [0.3, 0.4) is 0 Å². The van der Waals surface area contributed by atoms with Gasteiger partial charge in [0.25, 0.3) is 0 Å². The van der Waals surface area contributed by atoms with Crippen molar-refractivity contribution in [1.82, 2.24) is 5.32 Å². The van der Waals surface area contributed by atoms with Crippen LogP contribution >= 0.6 is 0 Å². The summed E-state index contributed by atoms with van der Waals surface area (Å²) in [5.74, 6) is 0. The summed E-state index contributed by atoms with van der Waals surface area (Å²) in [4.78, 5) is 0. The van der Waals surface area contributed by atoms with E-state index in [0.29, 0.717) is 6.04 Å². The van der Waals surface area contributed by atoms with Gasteiger partial charge in [-0.25, -0.2) is 0 Å². The molecule has 1 unspecified atom stereocenters. The van der Waals surface area contributed by atoms with E-state index in [1.165, 1.54) is 16.7 Å². The molecule has 1 aliphatic heterocycles. The molecule has 2 heteroatoms. The number of hydrogen-bond donors (Lipinski definition) is 1. The second-order valence-electron chi connectivity index (χ2n) is 4.12. The predicted molar refractivity (Wildman–Crippen MR) is 62.1 cm³/mol. The second-order valence-corrected chi connectivity index (χ2v) is 4.12. The van der Waals surface area contributed by atoms with E-state index < -0.39 is 0 Å². The highest BCUT2D eigenvalue weighted by molar-refractivity contribution is 5.35. The minimum absolute atomic E-state index is 0.383. The van der Waals surface area contributed by atoms with Crippen LogP contribution in [0.25, 0.3) is 0 Å². The van der Waals surface area contributed by atoms with Crippen molar-refractivity contribution in [3.05, 3.63) is 34.9 Å². The highest BCUT2D eigenvalue weighted by Gasteiger charge is 2.19. The SMILES string of the molecule is CCOCC1NCCc2ccc(C)cc21. The molecule has 15 heavy (non-hydrogen) atoms. The van der Waals surface area contributed by atoms with E-state index in [9.17, 15) is 0 Å². The molecular formula is C13H19NO. The van der Waals surface area contributed by atoms with E-state index in [4.69, 9.17) is 4.74 Å². The van der Waals surface area contributed by atoms with Gasteiger partial charge in [-0.15, -0.1) is 0 Å². The maximum Gasteiger partial charge on any atom is 0.0661 e. The quantitative estimate of drug-likeness (QED) is 0.817. The molecule has 0 saturated heterocycles. The van der Waals surface area contributed by atoms with Crippen LogP contribution in [-0.4, -0.2) is 19.8 Å². The number of nitrogens with one attached hydrogen (secondary N) is 1. The van der Waals surface area contributed by atoms with Crippen LogP contribution in [0.1, 0.15) is 29.7 Å². The fourth-order valence-electron chi connectivity index (χ4n) is 2.14. The summed E-state index contributed by atoms with van der Waals surface area (Å²) in [6.45, 7) is 6.83. The van der Waals surface area contributed by atoms with E-state index in [1.54, 1.807) is 0 Å². The van der Waals surface area contributed by atoms with Gasteiger partial charge in [0.05, 0.1) is 12.6 Å². The summed E-state index contributed by atoms with van der Waals surface area (Å²) in [5, 5.41) is 3.51. The third kappa shape index (κ3) is 2.39. The summed E-state index contributed by atoms with van der Waals surface area (Å²) in [6, 6.07) is 7.12. The van der Waals surface area contributed by atoms with E-state index >= 15 is 0 Å². The molecule has 0 bridgehead atoms. The average Bonchev–Trinajstić information content (AvgIpc) is 2.26. The lowest BCUT2D eigenvalue weighted by Gasteiger charge is -2.27. The van der Waals surface area contributed by atoms with Crippen molar-refractivity contribution in [3.63, 3.8) is 0 Å². The zero-order chi connectivity index (χ0) is 10.7. The summed E-state index contributed by atoms with van der Waals surface area (Å²) >= 11 is 0. The van der Waals surface area contributed by atoms with Gasteiger partial charge < -0.3 is 10.1 Å². The standard InChI is InChI=1S/C13H19NO/c1-3-15-9-13-12-8-10(2)4-5-11(12)6-7-14-13/h4-5,8,13-14H,3,6-7,9H2,1-2H3. The predicted octanol–water partition coefficient (Wildman–Crippen LogP) is 2.22. The molecule has 0 spiro atoms. The molecule has 1 aliphatic rings. The third-order valence-electron chi connectivity index (χ3n) is 2.95. The van der Waals surface area contributed by atoms with Gasteiger partial charge in [-0.2, -0.15) is 0 Å². The molecule has 2 nitrogen and oxygen atoms in total. The number of benzene rings is 1. The van der Waals surface area contributed by atoms with Gasteiger partial charge in [-0.1, -0.05) is 23.8 Å². The van der Waals surface area contributed by atoms with E-state index in [-0.39, 0.29) is 0 Å². The molecule has 0 amide bonds. The average molecular weight is 205 g/mol. The third-order valence-corrected chi connectivity index (χ3v) is 2.95. The van der Waals surface area contributed by atoms with Gasteiger partial charge in [0, 0.05) is 6.61 Å². The van der Waals surface area contributed by atoms with Crippen LogP contribution in [0.4, 0.5) is 0 Å². The normalized spacial score (nSPS) is 20.0. The zero-order valence-corrected chi connectivity index (χ0v) is 9.55. The first-order chi connectivity index (χ1) is 7.31. The highest BCUT2D eigenvalue weighted by atomic mass is 16.5. The monoisotopic (exact) mass is 205 g/mol.